The second-order valence-corrected chi connectivity index (χ2v) is 5.12. The molecule has 0 aliphatic heterocycles. The highest BCUT2D eigenvalue weighted by Gasteiger charge is 2.15. The number of carboxylic acids is 1. The molecule has 66 valence electrons. The second kappa shape index (κ2) is 2.83. The quantitative estimate of drug-likeness (QED) is 0.751. The first-order valence-electron chi connectivity index (χ1n) is 2.80. The van der Waals surface area contributed by atoms with Gasteiger partial charge in [-0.25, -0.2) is 18.2 Å². The van der Waals surface area contributed by atoms with E-state index in [4.69, 9.17) is 5.11 Å². The smallest absolute Gasteiger partial charge is 0.355 e. The molecule has 0 saturated carbocycles. The summed E-state index contributed by atoms with van der Waals surface area (Å²) in [5, 5.41) is 9.61. The van der Waals surface area contributed by atoms with Gasteiger partial charge in [0.25, 0.3) is 0 Å². The summed E-state index contributed by atoms with van der Waals surface area (Å²) in [6, 6.07) is 0. The lowest BCUT2D eigenvalue weighted by atomic mass is 10.5. The third-order valence-corrected chi connectivity index (χ3v) is 3.58. The minimum Gasteiger partial charge on any atom is -0.476 e. The number of hydrogen-bond acceptors (Lipinski definition) is 5. The molecule has 0 aliphatic carbocycles. The summed E-state index contributed by atoms with van der Waals surface area (Å²) in [5.74, 6) is -1.22. The Morgan fingerprint density at radius 2 is 2.25 bits per heavy atom. The van der Waals surface area contributed by atoms with Gasteiger partial charge in [-0.15, -0.1) is 11.3 Å². The molecule has 0 amide bonds. The molecule has 0 atom stereocenters. The van der Waals surface area contributed by atoms with Crippen molar-refractivity contribution in [3.63, 3.8) is 0 Å². The lowest BCUT2D eigenvalue weighted by molar-refractivity contribution is 0.0691. The minimum atomic E-state index is -3.37. The van der Waals surface area contributed by atoms with Crippen molar-refractivity contribution >= 4 is 27.1 Å². The van der Waals surface area contributed by atoms with Crippen molar-refractivity contribution in [3.05, 3.63) is 11.1 Å². The number of aromatic nitrogens is 1. The van der Waals surface area contributed by atoms with Gasteiger partial charge >= 0.3 is 5.97 Å². The van der Waals surface area contributed by atoms with E-state index in [1.807, 2.05) is 0 Å². The van der Waals surface area contributed by atoms with Crippen LogP contribution in [0, 0.1) is 0 Å². The Bertz CT molecular complexity index is 405. The summed E-state index contributed by atoms with van der Waals surface area (Å²) in [4.78, 5) is 13.7. The maximum Gasteiger partial charge on any atom is 0.355 e. The first-order chi connectivity index (χ1) is 5.41. The molecule has 0 bridgehead atoms. The van der Waals surface area contributed by atoms with Crippen molar-refractivity contribution in [2.75, 3.05) is 6.26 Å². The molecule has 0 aliphatic rings. The van der Waals surface area contributed by atoms with Crippen molar-refractivity contribution in [1.82, 2.24) is 4.98 Å². The largest absolute Gasteiger partial charge is 0.476 e. The third kappa shape index (κ3) is 1.80. The molecule has 1 aromatic heterocycles. The first-order valence-corrected chi connectivity index (χ1v) is 5.57. The number of carbonyl (C=O) groups is 1. The van der Waals surface area contributed by atoms with E-state index in [1.165, 1.54) is 5.38 Å². The van der Waals surface area contributed by atoms with Gasteiger partial charge in [0.15, 0.2) is 5.69 Å². The van der Waals surface area contributed by atoms with Gasteiger partial charge in [0, 0.05) is 11.6 Å². The Morgan fingerprint density at radius 1 is 1.67 bits per heavy atom. The molecule has 1 aromatic rings. The van der Waals surface area contributed by atoms with E-state index in [2.05, 4.69) is 4.98 Å². The Kier molecular flexibility index (Phi) is 2.16. The fourth-order valence-corrected chi connectivity index (χ4v) is 2.15. The highest BCUT2D eigenvalue weighted by atomic mass is 32.2. The minimum absolute atomic E-state index is 0.167. The summed E-state index contributed by atoms with van der Waals surface area (Å²) >= 11 is 0.805. The lowest BCUT2D eigenvalue weighted by Crippen LogP contribution is -2.00. The van der Waals surface area contributed by atoms with Crippen LogP contribution < -0.4 is 0 Å². The molecular formula is C5H5NO4S2. The van der Waals surface area contributed by atoms with Crippen molar-refractivity contribution in [1.29, 1.82) is 0 Å². The number of aromatic carboxylic acids is 1. The van der Waals surface area contributed by atoms with Gasteiger partial charge in [-0.1, -0.05) is 0 Å². The van der Waals surface area contributed by atoms with Crippen LogP contribution in [0.25, 0.3) is 0 Å². The van der Waals surface area contributed by atoms with E-state index >= 15 is 0 Å². The van der Waals surface area contributed by atoms with Crippen molar-refractivity contribution in [2.45, 2.75) is 4.34 Å². The van der Waals surface area contributed by atoms with Crippen LogP contribution in [0.2, 0.25) is 0 Å². The zero-order valence-electron chi connectivity index (χ0n) is 6.01. The third-order valence-electron chi connectivity index (χ3n) is 1.02. The highest BCUT2D eigenvalue weighted by molar-refractivity contribution is 7.92. The average Bonchev–Trinajstić information content (AvgIpc) is 2.30. The summed E-state index contributed by atoms with van der Waals surface area (Å²) in [6.45, 7) is 0. The normalized spacial score (nSPS) is 11.4. The second-order valence-electron chi connectivity index (χ2n) is 2.08. The number of sulfone groups is 1. The summed E-state index contributed by atoms with van der Waals surface area (Å²) < 4.78 is 21.5. The fraction of sp³-hybridized carbons (Fsp3) is 0.200. The van der Waals surface area contributed by atoms with E-state index in [-0.39, 0.29) is 10.0 Å². The standard InChI is InChI=1S/C5H5NO4S2/c1-12(9,10)5-6-3(2-11-5)4(7)8/h2H,1H3,(H,7,8). The molecule has 0 aromatic carbocycles. The monoisotopic (exact) mass is 207 g/mol. The van der Waals surface area contributed by atoms with Crippen molar-refractivity contribution < 1.29 is 18.3 Å². The van der Waals surface area contributed by atoms with Gasteiger partial charge in [0.2, 0.25) is 14.2 Å². The SMILES string of the molecule is CS(=O)(=O)c1nc(C(=O)O)cs1. The number of rotatable bonds is 2. The van der Waals surface area contributed by atoms with Gasteiger partial charge in [0.05, 0.1) is 0 Å². The van der Waals surface area contributed by atoms with E-state index < -0.39 is 15.8 Å². The van der Waals surface area contributed by atoms with Crippen LogP contribution >= 0.6 is 11.3 Å². The lowest BCUT2D eigenvalue weighted by Gasteiger charge is -1.86. The van der Waals surface area contributed by atoms with Gasteiger partial charge in [-0.3, -0.25) is 0 Å². The maximum absolute atomic E-state index is 10.8. The zero-order chi connectivity index (χ0) is 9.35. The Hall–Kier alpha value is -0.950. The van der Waals surface area contributed by atoms with Crippen LogP contribution in [-0.2, 0) is 9.84 Å². The molecule has 0 spiro atoms. The van der Waals surface area contributed by atoms with Crippen LogP contribution in [0.5, 0.6) is 0 Å². The molecule has 1 heterocycles. The molecule has 7 heteroatoms. The van der Waals surface area contributed by atoms with Gasteiger partial charge < -0.3 is 5.11 Å². The predicted octanol–water partition coefficient (Wildman–Crippen LogP) is 0.245. The van der Waals surface area contributed by atoms with Crippen molar-refractivity contribution in [2.24, 2.45) is 0 Å². The van der Waals surface area contributed by atoms with E-state index in [0.29, 0.717) is 0 Å². The molecule has 1 N–H and O–H groups in total. The zero-order valence-corrected chi connectivity index (χ0v) is 7.65. The molecule has 12 heavy (non-hydrogen) atoms. The molecule has 0 saturated heterocycles. The number of carboxylic acid groups (broad SMARTS) is 1. The van der Waals surface area contributed by atoms with Crippen LogP contribution in [-0.4, -0.2) is 30.7 Å². The van der Waals surface area contributed by atoms with Crippen LogP contribution in [0.4, 0.5) is 0 Å². The van der Waals surface area contributed by atoms with Gasteiger partial charge in [-0.05, 0) is 0 Å². The molecular weight excluding hydrogens is 202 g/mol. The number of hydrogen-bond donors (Lipinski definition) is 1. The van der Waals surface area contributed by atoms with Crippen LogP contribution in [0.3, 0.4) is 0 Å². The number of thiazole rings is 1. The predicted molar refractivity (Wildman–Crippen MR) is 42.2 cm³/mol. The van der Waals surface area contributed by atoms with Gasteiger partial charge in [0.1, 0.15) is 0 Å². The average molecular weight is 207 g/mol. The molecule has 1 rings (SSSR count). The Labute approximate surface area is 72.6 Å². The molecule has 0 radical (unpaired) electrons. The number of nitrogens with zero attached hydrogens (tertiary/aromatic N) is 1. The van der Waals surface area contributed by atoms with E-state index in [0.717, 1.165) is 17.6 Å². The highest BCUT2D eigenvalue weighted by Crippen LogP contribution is 2.14. The molecule has 5 nitrogen and oxygen atoms in total. The maximum atomic E-state index is 10.8. The topological polar surface area (TPSA) is 84.3 Å². The van der Waals surface area contributed by atoms with Crippen LogP contribution in [0.1, 0.15) is 10.5 Å². The fourth-order valence-electron chi connectivity index (χ4n) is 0.526. The van der Waals surface area contributed by atoms with E-state index in [1.54, 1.807) is 0 Å². The Balaban J connectivity index is 3.17. The first kappa shape index (κ1) is 9.14. The van der Waals surface area contributed by atoms with Gasteiger partial charge in [-0.2, -0.15) is 0 Å². The summed E-state index contributed by atoms with van der Waals surface area (Å²) in [6.07, 6.45) is 0.984. The van der Waals surface area contributed by atoms with Crippen molar-refractivity contribution in [3.8, 4) is 0 Å². The summed E-state index contributed by atoms with van der Waals surface area (Å²) in [7, 11) is -3.37. The van der Waals surface area contributed by atoms with Crippen LogP contribution in [0.15, 0.2) is 9.72 Å². The molecule has 0 unspecified atom stereocenters. The van der Waals surface area contributed by atoms with E-state index in [9.17, 15) is 13.2 Å². The summed E-state index contributed by atoms with van der Waals surface area (Å²) in [5.41, 5.74) is -0.236. The Morgan fingerprint density at radius 3 is 2.50 bits per heavy atom. The molecule has 0 fully saturated rings.